The Morgan fingerprint density at radius 2 is 0.416 bits per heavy atom. The van der Waals surface area contributed by atoms with Gasteiger partial charge in [-0.15, -0.1) is 0 Å². The van der Waals surface area contributed by atoms with Crippen molar-refractivity contribution in [3.63, 3.8) is 0 Å². The van der Waals surface area contributed by atoms with Crippen molar-refractivity contribution in [2.45, 2.75) is 406 Å². The van der Waals surface area contributed by atoms with Crippen LogP contribution in [-0.4, -0.2) is 48.3 Å². The summed E-state index contributed by atoms with van der Waals surface area (Å²) in [6.07, 6.45) is 69.5. The molecule has 1 N–H and O–H groups in total. The molecule has 0 rings (SSSR count). The lowest BCUT2D eigenvalue weighted by Gasteiger charge is -2.18. The standard InChI is InChI=1S/C57H110O6.C12H24O2/c1-4-7-10-13-16-19-22-25-28-31-34-37-40-43-46-49-55(58)61-52-54(63-57(60)51-48-45-42-39-36-33-30-27-24-21-18-15-12-9-6-3)53-62-56(59)50-47-44-41-38-35-32-29-26-23-20-17-14-11-8-5-2;1-2-3-4-5-6-7-8-9-10-11-12(13)14/h54H,4-53H2,1-3H3;2-11H2,1H3,(H,13,14). The molecule has 8 nitrogen and oxygen atoms in total. The first-order valence-corrected chi connectivity index (χ1v) is 34.5. The number of carbonyl (C=O) groups is 4. The van der Waals surface area contributed by atoms with Gasteiger partial charge in [0.15, 0.2) is 6.10 Å². The molecule has 77 heavy (non-hydrogen) atoms. The van der Waals surface area contributed by atoms with Crippen LogP contribution in [0.1, 0.15) is 400 Å². The molecular weight excluding hydrogens is 957 g/mol. The number of ether oxygens (including phenoxy) is 3. The van der Waals surface area contributed by atoms with Crippen LogP contribution in [0.4, 0.5) is 0 Å². The molecule has 0 saturated heterocycles. The first-order valence-electron chi connectivity index (χ1n) is 34.5. The van der Waals surface area contributed by atoms with Crippen LogP contribution in [-0.2, 0) is 33.4 Å². The second-order valence-corrected chi connectivity index (χ2v) is 23.5. The molecule has 0 aromatic rings. The van der Waals surface area contributed by atoms with Crippen molar-refractivity contribution in [1.82, 2.24) is 0 Å². The molecule has 458 valence electrons. The van der Waals surface area contributed by atoms with E-state index in [1.54, 1.807) is 0 Å². The van der Waals surface area contributed by atoms with E-state index in [0.717, 1.165) is 70.6 Å². The summed E-state index contributed by atoms with van der Waals surface area (Å²) in [5.74, 6) is -1.49. The van der Waals surface area contributed by atoms with E-state index in [1.807, 2.05) is 0 Å². The monoisotopic (exact) mass is 1090 g/mol. The topological polar surface area (TPSA) is 116 Å². The minimum absolute atomic E-state index is 0.0611. The third-order valence-corrected chi connectivity index (χ3v) is 15.6. The minimum atomic E-state index is -0.760. The third kappa shape index (κ3) is 69.9. The largest absolute Gasteiger partial charge is 0.481 e. The van der Waals surface area contributed by atoms with E-state index in [2.05, 4.69) is 27.7 Å². The van der Waals surface area contributed by atoms with Crippen molar-refractivity contribution >= 4 is 23.9 Å². The summed E-state index contributed by atoms with van der Waals surface area (Å²) in [7, 11) is 0. The molecule has 0 atom stereocenters. The lowest BCUT2D eigenvalue weighted by Crippen LogP contribution is -2.30. The lowest BCUT2D eigenvalue weighted by atomic mass is 10.0. The van der Waals surface area contributed by atoms with E-state index in [9.17, 15) is 19.2 Å². The van der Waals surface area contributed by atoms with Crippen molar-refractivity contribution in [2.24, 2.45) is 0 Å². The van der Waals surface area contributed by atoms with E-state index in [0.29, 0.717) is 25.7 Å². The third-order valence-electron chi connectivity index (χ3n) is 15.6. The molecule has 0 aliphatic carbocycles. The maximum atomic E-state index is 12.8. The van der Waals surface area contributed by atoms with Gasteiger partial charge in [-0.1, -0.05) is 349 Å². The van der Waals surface area contributed by atoms with Crippen LogP contribution in [0.2, 0.25) is 0 Å². The molecule has 0 aliphatic rings. The van der Waals surface area contributed by atoms with Crippen LogP contribution in [0.25, 0.3) is 0 Å². The zero-order valence-corrected chi connectivity index (χ0v) is 52.3. The molecule has 0 fully saturated rings. The Morgan fingerprint density at radius 1 is 0.247 bits per heavy atom. The van der Waals surface area contributed by atoms with Crippen molar-refractivity contribution < 1.29 is 38.5 Å². The van der Waals surface area contributed by atoms with Gasteiger partial charge < -0.3 is 19.3 Å². The first kappa shape index (κ1) is 76.9. The highest BCUT2D eigenvalue weighted by Gasteiger charge is 2.19. The Labute approximate surface area is 479 Å². The van der Waals surface area contributed by atoms with Crippen LogP contribution in [0.15, 0.2) is 0 Å². The van der Waals surface area contributed by atoms with E-state index >= 15 is 0 Å². The van der Waals surface area contributed by atoms with Gasteiger partial charge in [-0.2, -0.15) is 0 Å². The zero-order chi connectivity index (χ0) is 56.4. The summed E-state index contributed by atoms with van der Waals surface area (Å²) < 4.78 is 16.9. The quantitative estimate of drug-likeness (QED) is 0.0364. The van der Waals surface area contributed by atoms with Crippen molar-refractivity contribution in [3.05, 3.63) is 0 Å². The molecule has 0 aromatic carbocycles. The van der Waals surface area contributed by atoms with E-state index in [1.165, 1.54) is 276 Å². The Hall–Kier alpha value is -2.12. The zero-order valence-electron chi connectivity index (χ0n) is 52.3. The van der Waals surface area contributed by atoms with Gasteiger partial charge in [-0.05, 0) is 25.7 Å². The van der Waals surface area contributed by atoms with E-state index in [-0.39, 0.29) is 31.1 Å². The van der Waals surface area contributed by atoms with E-state index < -0.39 is 12.1 Å². The molecule has 8 heteroatoms. The lowest BCUT2D eigenvalue weighted by molar-refractivity contribution is -0.167. The molecule has 0 saturated carbocycles. The molecule has 0 amide bonds. The van der Waals surface area contributed by atoms with Gasteiger partial charge in [0.05, 0.1) is 0 Å². The summed E-state index contributed by atoms with van der Waals surface area (Å²) in [6, 6.07) is 0. The molecule has 0 bridgehead atoms. The number of aliphatic carboxylic acids is 1. The van der Waals surface area contributed by atoms with Crippen LogP contribution in [0.5, 0.6) is 0 Å². The van der Waals surface area contributed by atoms with Crippen molar-refractivity contribution in [1.29, 1.82) is 0 Å². The van der Waals surface area contributed by atoms with Gasteiger partial charge in [0.2, 0.25) is 0 Å². The van der Waals surface area contributed by atoms with E-state index in [4.69, 9.17) is 19.3 Å². The maximum Gasteiger partial charge on any atom is 0.306 e. The normalized spacial score (nSPS) is 11.2. The van der Waals surface area contributed by atoms with Gasteiger partial charge in [-0.25, -0.2) is 0 Å². The number of unbranched alkanes of at least 4 members (excludes halogenated alkanes) is 50. The number of carboxylic acids is 1. The minimum Gasteiger partial charge on any atom is -0.481 e. The molecule has 0 spiro atoms. The Morgan fingerprint density at radius 3 is 0.610 bits per heavy atom. The van der Waals surface area contributed by atoms with Gasteiger partial charge >= 0.3 is 23.9 Å². The number of hydrogen-bond acceptors (Lipinski definition) is 7. The number of carbonyl (C=O) groups excluding carboxylic acids is 3. The highest BCUT2D eigenvalue weighted by Crippen LogP contribution is 2.18. The summed E-state index contributed by atoms with van der Waals surface area (Å²) >= 11 is 0. The van der Waals surface area contributed by atoms with Crippen LogP contribution < -0.4 is 0 Å². The number of hydrogen-bond donors (Lipinski definition) is 1. The molecule has 0 aromatic heterocycles. The highest BCUT2D eigenvalue weighted by atomic mass is 16.6. The summed E-state index contributed by atoms with van der Waals surface area (Å²) in [4.78, 5) is 48.3. The predicted octanol–water partition coefficient (Wildman–Crippen LogP) is 22.8. The van der Waals surface area contributed by atoms with Gasteiger partial charge in [0.1, 0.15) is 13.2 Å². The summed E-state index contributed by atoms with van der Waals surface area (Å²) in [6.45, 7) is 8.93. The smallest absolute Gasteiger partial charge is 0.306 e. The second-order valence-electron chi connectivity index (χ2n) is 23.5. The predicted molar refractivity (Wildman–Crippen MR) is 330 cm³/mol. The van der Waals surface area contributed by atoms with Crippen LogP contribution in [0.3, 0.4) is 0 Å². The Kier molecular flexibility index (Phi) is 68.1. The van der Waals surface area contributed by atoms with Gasteiger partial charge in [0.25, 0.3) is 0 Å². The fourth-order valence-electron chi connectivity index (χ4n) is 10.4. The van der Waals surface area contributed by atoms with Crippen LogP contribution >= 0.6 is 0 Å². The number of rotatable bonds is 63. The summed E-state index contributed by atoms with van der Waals surface area (Å²) in [5.41, 5.74) is 0. The van der Waals surface area contributed by atoms with Gasteiger partial charge in [0, 0.05) is 25.7 Å². The number of carboxylic acid groups (broad SMARTS) is 1. The average molecular weight is 1090 g/mol. The maximum absolute atomic E-state index is 12.8. The second kappa shape index (κ2) is 68.2. The molecule has 0 heterocycles. The average Bonchev–Trinajstić information content (AvgIpc) is 3.42. The molecule has 0 aliphatic heterocycles. The molecule has 0 unspecified atom stereocenters. The SMILES string of the molecule is CCCCCCCCCCCC(=O)O.CCCCCCCCCCCCCCCCCC(=O)OCC(COC(=O)CCCCCCCCCCCCCCCCC)OC(=O)CCCCCCCCCCCCCCCCC. The fourth-order valence-corrected chi connectivity index (χ4v) is 10.4. The fraction of sp³-hybridized carbons (Fsp3) is 0.942. The summed E-state index contributed by atoms with van der Waals surface area (Å²) in [5, 5.41) is 8.41. The number of esters is 3. The van der Waals surface area contributed by atoms with Crippen molar-refractivity contribution in [2.75, 3.05) is 13.2 Å². The van der Waals surface area contributed by atoms with Crippen molar-refractivity contribution in [3.8, 4) is 0 Å². The van der Waals surface area contributed by atoms with Gasteiger partial charge in [-0.3, -0.25) is 19.2 Å². The Balaban J connectivity index is 0. The highest BCUT2D eigenvalue weighted by molar-refractivity contribution is 5.71. The molecule has 0 radical (unpaired) electrons. The van der Waals surface area contributed by atoms with Crippen LogP contribution in [0, 0.1) is 0 Å². The Bertz CT molecular complexity index is 1140. The molecular formula is C69H134O8. The first-order chi connectivity index (χ1) is 37.8.